The van der Waals surface area contributed by atoms with Crippen molar-refractivity contribution in [2.45, 2.75) is 383 Å². The molecule has 8 saturated carbocycles. The molecule has 0 bridgehead atoms. The van der Waals surface area contributed by atoms with E-state index >= 15 is 0 Å². The molecular formula is C106H186BN9O26P2. The Morgan fingerprint density at radius 3 is 1.08 bits per heavy atom. The molecule has 8 aliphatic carbocycles. The molecule has 9 aliphatic rings. The predicted molar refractivity (Wildman–Crippen MR) is 567 cm³/mol. The lowest BCUT2D eigenvalue weighted by Crippen LogP contribution is -2.38. The highest BCUT2D eigenvalue weighted by atomic mass is 31.2. The third-order valence-corrected chi connectivity index (χ3v) is 30.0. The van der Waals surface area contributed by atoms with Crippen LogP contribution < -0.4 is 48.0 Å². The maximum absolute atomic E-state index is 11.3. The van der Waals surface area contributed by atoms with Crippen LogP contribution in [0.25, 0.3) is 0 Å². The lowest BCUT2D eigenvalue weighted by atomic mass is 9.80. The number of hydrogen-bond acceptors (Lipinski definition) is 25. The third-order valence-electron chi connectivity index (χ3n) is 27.6. The van der Waals surface area contributed by atoms with E-state index in [1.807, 2.05) is 74.8 Å². The van der Waals surface area contributed by atoms with E-state index in [2.05, 4.69) is 93.6 Å². The number of aliphatic hydroxyl groups excluding tert-OH is 2. The monoisotopic (exact) mass is 2070 g/mol. The number of carbonyl (C=O) groups is 7. The number of nitrogens with one attached hydrogen (secondary N) is 8. The van der Waals surface area contributed by atoms with Gasteiger partial charge in [0.2, 0.25) is 7.37 Å². The Kier molecular flexibility index (Phi) is 70.3. The van der Waals surface area contributed by atoms with E-state index in [0.717, 1.165) is 278 Å². The first kappa shape index (κ1) is 136. The van der Waals surface area contributed by atoms with Crippen LogP contribution >= 0.6 is 15.2 Å². The van der Waals surface area contributed by atoms with Gasteiger partial charge in [-0.25, -0.2) is 4.57 Å². The Balaban J connectivity index is 0.00000158. The molecule has 22 N–H and O–H groups in total. The van der Waals surface area contributed by atoms with Gasteiger partial charge in [0.15, 0.2) is 0 Å². The minimum Gasteiger partial charge on any atom is -0.481 e. The number of carboxylic acid groups (broad SMARTS) is 7. The molecule has 0 radical (unpaired) electrons. The summed E-state index contributed by atoms with van der Waals surface area (Å²) >= 11 is 0. The van der Waals surface area contributed by atoms with Crippen molar-refractivity contribution in [3.63, 3.8) is 0 Å². The second kappa shape index (κ2) is 74.3. The van der Waals surface area contributed by atoms with Gasteiger partial charge in [0.05, 0.1) is 97.5 Å². The van der Waals surface area contributed by atoms with E-state index in [9.17, 15) is 57.8 Å². The zero-order chi connectivity index (χ0) is 103. The average molecular weight is 2080 g/mol. The summed E-state index contributed by atoms with van der Waals surface area (Å²) in [4.78, 5) is 105. The molecular weight excluding hydrogens is 1890 g/mol. The maximum atomic E-state index is 11.3. The SMILES string of the molecule is C.C.C.C.C.CC(C)CNC1CCC(C(=O)O)CC1.CC(C)NC1CCC(C(=O)O)CC1.CC1CCC(C(=O)O)CC1.CC1CCC(C(=O)O)CC1.CNC1CCC(P(C)(=O)O)CC1.CNCc1ccc(B(O)O)cc1.O=C(O)C1CCC(NCc2ccccn2)CC1.O=C(O)C1CCC(NCc2ccco2)CC1.O=C(O)C1CCC(NCc2ccco2)CC1.O=P(O)(O)OC[C@H]1N[C@@H](c2ccccc2)[C@H](O)[C@@H]1O. The number of rotatable bonds is 30. The van der Waals surface area contributed by atoms with Crippen LogP contribution in [-0.2, 0) is 73.4 Å². The Morgan fingerprint density at radius 1 is 0.431 bits per heavy atom. The van der Waals surface area contributed by atoms with Gasteiger partial charge in [-0.05, 0) is 297 Å². The summed E-state index contributed by atoms with van der Waals surface area (Å²) in [7, 11) is -4.94. The van der Waals surface area contributed by atoms with Crippen LogP contribution in [0, 0.1) is 59.2 Å². The van der Waals surface area contributed by atoms with E-state index < -0.39 is 88.4 Å². The smallest absolute Gasteiger partial charge is 0.481 e. The fourth-order valence-electron chi connectivity index (χ4n) is 18.6. The first-order valence-electron chi connectivity index (χ1n) is 50.2. The van der Waals surface area contributed by atoms with Crippen LogP contribution in [0.15, 0.2) is 125 Å². The lowest BCUT2D eigenvalue weighted by molar-refractivity contribution is -0.144. The number of phosphoric acid groups is 1. The first-order chi connectivity index (χ1) is 66.0. The van der Waals surface area contributed by atoms with Crippen molar-refractivity contribution in [1.82, 2.24) is 47.5 Å². The van der Waals surface area contributed by atoms with Gasteiger partial charge in [-0.1, -0.05) is 139 Å². The fraction of sp³-hybridized carbons (Fsp3) is 0.698. The molecule has 1 unspecified atom stereocenters. The Hall–Kier alpha value is -7.68. The molecule has 2 aromatic carbocycles. The Bertz CT molecular complexity index is 4150. The molecule has 1 aliphatic heterocycles. The lowest BCUT2D eigenvalue weighted by Gasteiger charge is -2.29. The first-order valence-corrected chi connectivity index (χ1v) is 53.9. The van der Waals surface area contributed by atoms with Crippen LogP contribution in [0.3, 0.4) is 0 Å². The topological polar surface area (TPSA) is 581 Å². The highest BCUT2D eigenvalue weighted by Crippen LogP contribution is 2.48. The summed E-state index contributed by atoms with van der Waals surface area (Å²) in [5.41, 5.74) is 3.53. The normalized spacial score (nSPS) is 26.6. The van der Waals surface area contributed by atoms with Gasteiger partial charge in [-0.3, -0.25) is 47.6 Å². The predicted octanol–water partition coefficient (Wildman–Crippen LogP) is 16.4. The van der Waals surface area contributed by atoms with Crippen LogP contribution in [0.2, 0.25) is 0 Å². The highest BCUT2D eigenvalue weighted by molar-refractivity contribution is 7.57. The molecule has 5 atom stereocenters. The quantitative estimate of drug-likeness (QED) is 0.0150. The molecule has 14 rings (SSSR count). The number of aliphatic hydroxyl groups is 2. The molecule has 3 aromatic heterocycles. The van der Waals surface area contributed by atoms with E-state index in [1.165, 1.54) is 6.66 Å². The molecule has 5 aromatic rings. The molecule has 9 fully saturated rings. The summed E-state index contributed by atoms with van der Waals surface area (Å²) < 4.78 is 36.7. The number of furan rings is 2. The van der Waals surface area contributed by atoms with Crippen molar-refractivity contribution >= 4 is 69.6 Å². The van der Waals surface area contributed by atoms with Gasteiger partial charge < -0.3 is 122 Å². The molecule has 35 nitrogen and oxygen atoms in total. The summed E-state index contributed by atoms with van der Waals surface area (Å²) in [6.45, 7) is 18.2. The second-order valence-electron chi connectivity index (χ2n) is 39.6. The molecule has 38 heteroatoms. The van der Waals surface area contributed by atoms with Crippen LogP contribution in [-0.4, -0.2) is 225 Å². The Morgan fingerprint density at radius 2 is 0.778 bits per heavy atom. The average Bonchev–Trinajstić information content (AvgIpc) is 1.66. The van der Waals surface area contributed by atoms with Crippen LogP contribution in [0.4, 0.5) is 0 Å². The standard InChI is InChI=1S/C13H18N2O2.2C12H17NO3.C11H16NO6P.C11H21NO2.C10H19NO2.C8H12BNO2.C8H18NO2P.2C8H14O2.5CH4/c16-13(17)10-4-6-11(7-5-10)15-9-12-3-1-2-8-14-12;2*14-12(15)9-3-5-10(6-4-9)13-8-11-2-1-7-16-11;13-10-8(6-18-19(15,16)17)12-9(11(10)14)7-4-2-1-3-5-7;1-8(2)7-12-10-5-3-9(4-6-10)11(13)14;1-7(2)11-9-5-3-8(4-6-9)10(12)13;1-10-6-7-2-4-8(5-3-7)9(11)12;1-9-7-3-5-8(6-4-7)12(2,10)11;2*1-6-2-4-7(5-3-6)8(9)10;;;;;/h1-3,8,10-11,15H,4-7,9H2,(H,16,17);2*1-2,7,9-10,13H,3-6,8H2,(H,14,15);1-5,8-14H,6H2,(H2,15,16,17);8-10,12H,3-7H2,1-2H3,(H,13,14);7-9,11H,3-6H2,1-2H3,(H,12,13);2-5,10-12H,6H2,1H3;7-9H,3-6H2,1-2H3,(H,10,11);2*6-7H,2-5H2,1H3,(H,9,10);5*1H4/t;;;8-,9+,10-,11+;;;;;;;;;;;/m...1.........../s1. The number of benzene rings is 2. The van der Waals surface area contributed by atoms with Gasteiger partial charge in [-0.2, -0.15) is 0 Å². The van der Waals surface area contributed by atoms with E-state index in [1.54, 1.807) is 55.1 Å². The van der Waals surface area contributed by atoms with E-state index in [0.29, 0.717) is 53.7 Å². The number of aromatic nitrogens is 1. The number of phosphoric ester groups is 1. The second-order valence-corrected chi connectivity index (χ2v) is 43.4. The highest BCUT2D eigenvalue weighted by Gasteiger charge is 2.43. The fourth-order valence-corrected chi connectivity index (χ4v) is 20.2. The van der Waals surface area contributed by atoms with Crippen molar-refractivity contribution in [2.75, 3.05) is 33.9 Å². The van der Waals surface area contributed by atoms with Gasteiger partial charge in [0.25, 0.3) is 0 Å². The van der Waals surface area contributed by atoms with Crippen molar-refractivity contribution in [2.24, 2.45) is 59.2 Å². The summed E-state index contributed by atoms with van der Waals surface area (Å²) in [6, 6.07) is 31.9. The zero-order valence-electron chi connectivity index (χ0n) is 83.1. The largest absolute Gasteiger partial charge is 0.488 e. The number of pyridine rings is 1. The van der Waals surface area contributed by atoms with E-state index in [4.69, 9.17) is 64.4 Å². The van der Waals surface area contributed by atoms with Gasteiger partial charge >= 0.3 is 56.7 Å². The number of hydrogen-bond donors (Lipinski definition) is 22. The Labute approximate surface area is 859 Å². The molecule has 1 saturated heterocycles. The summed E-state index contributed by atoms with van der Waals surface area (Å²) in [5, 5.41) is 125. The number of aliphatic carboxylic acids is 7. The molecule has 144 heavy (non-hydrogen) atoms. The minimum absolute atomic E-state index is 0. The number of carboxylic acids is 7. The van der Waals surface area contributed by atoms with E-state index in [-0.39, 0.29) is 90.8 Å². The van der Waals surface area contributed by atoms with Crippen molar-refractivity contribution in [3.05, 3.63) is 144 Å². The van der Waals surface area contributed by atoms with Gasteiger partial charge in [0.1, 0.15) is 17.6 Å². The summed E-state index contributed by atoms with van der Waals surface area (Å²) in [6.07, 6.45) is 32.5. The van der Waals surface area contributed by atoms with Crippen molar-refractivity contribution < 1.29 is 127 Å². The summed E-state index contributed by atoms with van der Waals surface area (Å²) in [5.74, 6) is -1.05. The molecule has 0 amide bonds. The molecule has 0 spiro atoms. The van der Waals surface area contributed by atoms with Crippen molar-refractivity contribution in [3.8, 4) is 0 Å². The van der Waals surface area contributed by atoms with Crippen molar-refractivity contribution in [1.29, 1.82) is 0 Å². The zero-order valence-corrected chi connectivity index (χ0v) is 84.9. The number of nitrogens with zero attached hydrogens (tertiary/aromatic N) is 1. The van der Waals surface area contributed by atoms with Crippen LogP contribution in [0.1, 0.15) is 319 Å². The third kappa shape index (κ3) is 56.6. The minimum atomic E-state index is -4.59. The van der Waals surface area contributed by atoms with Gasteiger partial charge in [0, 0.05) is 73.9 Å². The maximum Gasteiger partial charge on any atom is 0.488 e. The molecule has 4 heterocycles. The van der Waals surface area contributed by atoms with Gasteiger partial charge in [-0.15, -0.1) is 0 Å². The van der Waals surface area contributed by atoms with Crippen LogP contribution in [0.5, 0.6) is 0 Å². The molecule has 824 valence electrons.